The van der Waals surface area contributed by atoms with Crippen LogP contribution in [0.1, 0.15) is 0 Å². The van der Waals surface area contributed by atoms with Crippen LogP contribution in [-0.2, 0) is 25.6 Å². The fourth-order valence-electron chi connectivity index (χ4n) is 2.59. The highest BCUT2D eigenvalue weighted by Crippen LogP contribution is 2.41. The third-order valence-corrected chi connectivity index (χ3v) is 8.12. The number of β-lactam (4-membered cyclic amide) rings is 1. The Hall–Kier alpha value is -1.49. The van der Waals surface area contributed by atoms with E-state index in [4.69, 9.17) is 0 Å². The molecule has 158 valence electrons. The number of halogens is 3. The Kier molecular flexibility index (Phi) is 6.67. The molecule has 0 aromatic carbocycles. The molecule has 0 bridgehead atoms. The molecule has 9 nitrogen and oxygen atoms in total. The van der Waals surface area contributed by atoms with Crippen molar-refractivity contribution in [2.75, 3.05) is 17.3 Å². The Morgan fingerprint density at radius 1 is 1.48 bits per heavy atom. The van der Waals surface area contributed by atoms with Gasteiger partial charge in [-0.3, -0.25) is 14.5 Å². The molecule has 0 saturated carbocycles. The first kappa shape index (κ1) is 22.2. The molecule has 3 atom stereocenters. The third-order valence-electron chi connectivity index (χ3n) is 3.80. The van der Waals surface area contributed by atoms with E-state index >= 15 is 0 Å². The van der Waals surface area contributed by atoms with E-state index in [2.05, 4.69) is 15.5 Å². The quantitative estimate of drug-likeness (QED) is 0.322. The average Bonchev–Trinajstić information content (AvgIpc) is 3.16. The van der Waals surface area contributed by atoms with Crippen LogP contribution in [0.2, 0.25) is 0 Å². The lowest BCUT2D eigenvalue weighted by Crippen LogP contribution is -2.71. The van der Waals surface area contributed by atoms with Gasteiger partial charge in [0.05, 0.1) is 11.2 Å². The first-order valence-electron chi connectivity index (χ1n) is 7.63. The molecule has 3 heterocycles. The number of rotatable bonds is 7. The van der Waals surface area contributed by atoms with Crippen molar-refractivity contribution in [1.82, 2.24) is 20.4 Å². The number of carbonyl (C=O) groups excluding carboxylic acids is 2. The van der Waals surface area contributed by atoms with E-state index in [1.807, 2.05) is 0 Å². The summed E-state index contributed by atoms with van der Waals surface area (Å²) in [5.74, 6) is -4.07. The number of carboxylic acids is 1. The monoisotopic (exact) mass is 488 g/mol. The zero-order valence-electron chi connectivity index (χ0n) is 14.0. The fraction of sp³-hybridized carbons (Fsp3) is 0.462. The van der Waals surface area contributed by atoms with Crippen molar-refractivity contribution in [3.63, 3.8) is 0 Å². The van der Waals surface area contributed by atoms with Crippen molar-refractivity contribution in [2.24, 2.45) is 0 Å². The number of hydrogen-bond acceptors (Lipinski definition) is 9. The van der Waals surface area contributed by atoms with Gasteiger partial charge in [-0.05, 0) is 5.57 Å². The first-order valence-corrected chi connectivity index (χ1v) is 11.9. The maximum atomic E-state index is 12.4. The maximum Gasteiger partial charge on any atom is 0.573 e. The van der Waals surface area contributed by atoms with Gasteiger partial charge in [0.25, 0.3) is 11.8 Å². The summed E-state index contributed by atoms with van der Waals surface area (Å²) in [4.78, 5) is 36.8. The highest BCUT2D eigenvalue weighted by molar-refractivity contribution is 8.01. The van der Waals surface area contributed by atoms with E-state index in [1.54, 1.807) is 0 Å². The molecular formula is C13H11F3N4O5S4. The molecule has 0 spiro atoms. The lowest BCUT2D eigenvalue weighted by Gasteiger charge is -2.49. The highest BCUT2D eigenvalue weighted by Gasteiger charge is 2.55. The number of nitrogens with one attached hydrogen (secondary N) is 1. The van der Waals surface area contributed by atoms with Gasteiger partial charge in [-0.1, -0.05) is 23.1 Å². The van der Waals surface area contributed by atoms with Crippen LogP contribution >= 0.6 is 34.9 Å². The van der Waals surface area contributed by atoms with Gasteiger partial charge in [-0.2, -0.15) is 0 Å². The second kappa shape index (κ2) is 8.71. The number of carbonyl (C=O) groups is 3. The molecule has 29 heavy (non-hydrogen) atoms. The van der Waals surface area contributed by atoms with Gasteiger partial charge in [0.2, 0.25) is 0 Å². The molecule has 2 N–H and O–H groups in total. The van der Waals surface area contributed by atoms with Crippen LogP contribution in [0.4, 0.5) is 13.2 Å². The van der Waals surface area contributed by atoms with E-state index in [-0.39, 0.29) is 17.2 Å². The summed E-state index contributed by atoms with van der Waals surface area (Å²) < 4.78 is 48.6. The second-order valence-electron chi connectivity index (χ2n) is 5.64. The molecule has 2 aliphatic rings. The molecule has 1 fully saturated rings. The first-order chi connectivity index (χ1) is 13.6. The summed E-state index contributed by atoms with van der Waals surface area (Å²) in [6.07, 6.45) is 0. The zero-order valence-corrected chi connectivity index (χ0v) is 17.3. The predicted molar refractivity (Wildman–Crippen MR) is 99.4 cm³/mol. The third kappa shape index (κ3) is 4.82. The number of amides is 2. The Morgan fingerprint density at radius 3 is 2.79 bits per heavy atom. The van der Waals surface area contributed by atoms with E-state index in [0.717, 1.165) is 4.90 Å². The Labute approximate surface area is 176 Å². The number of alkyl halides is 3. The van der Waals surface area contributed by atoms with Crippen molar-refractivity contribution in [3.8, 4) is 0 Å². The standard InChI is InChI=1S/C13H11F3N4O5S4/c14-13(15,16)29(25)3-6(21)18-7-9(22)20-8(11(23)24)5(1-26-10(7)20)2-27-12-19-17-4-28-12/h4,7,10H,1-3H2,(H,18,21)(H,23,24)/t7?,10-,29?/m0/s1. The molecular weight excluding hydrogens is 477 g/mol. The number of nitrogens with zero attached hydrogens (tertiary/aromatic N) is 3. The largest absolute Gasteiger partial charge is 0.609 e. The molecule has 1 aromatic rings. The molecule has 0 radical (unpaired) electrons. The van der Waals surface area contributed by atoms with Crippen LogP contribution in [0, 0.1) is 0 Å². The van der Waals surface area contributed by atoms with Gasteiger partial charge in [0.15, 0.2) is 10.1 Å². The summed E-state index contributed by atoms with van der Waals surface area (Å²) in [6.45, 7) is 0. The minimum Gasteiger partial charge on any atom is -0.609 e. The van der Waals surface area contributed by atoms with Crippen LogP contribution in [-0.4, -0.2) is 76.7 Å². The van der Waals surface area contributed by atoms with Crippen LogP contribution < -0.4 is 5.32 Å². The number of fused-ring (bicyclic) bond motifs is 1. The van der Waals surface area contributed by atoms with Crippen molar-refractivity contribution >= 4 is 63.8 Å². The number of aromatic nitrogens is 2. The van der Waals surface area contributed by atoms with E-state index < -0.39 is 51.6 Å². The predicted octanol–water partition coefficient (Wildman–Crippen LogP) is 0.637. The highest BCUT2D eigenvalue weighted by atomic mass is 32.2. The van der Waals surface area contributed by atoms with Gasteiger partial charge in [-0.25, -0.2) is 4.79 Å². The topological polar surface area (TPSA) is 136 Å². The number of thioether (sulfide) groups is 2. The molecule has 0 aliphatic carbocycles. The lowest BCUT2D eigenvalue weighted by molar-refractivity contribution is -0.150. The minimum absolute atomic E-state index is 0.208. The summed E-state index contributed by atoms with van der Waals surface area (Å²) in [5, 5.41) is 18.4. The Balaban J connectivity index is 1.67. The van der Waals surface area contributed by atoms with Crippen molar-refractivity contribution in [1.29, 1.82) is 0 Å². The van der Waals surface area contributed by atoms with Crippen LogP contribution in [0.5, 0.6) is 0 Å². The molecule has 1 saturated heterocycles. The molecule has 1 aromatic heterocycles. The van der Waals surface area contributed by atoms with Crippen LogP contribution in [0.15, 0.2) is 21.1 Å². The van der Waals surface area contributed by atoms with Crippen LogP contribution in [0.3, 0.4) is 0 Å². The van der Waals surface area contributed by atoms with Gasteiger partial charge >= 0.3 is 11.5 Å². The summed E-state index contributed by atoms with van der Waals surface area (Å²) in [7, 11) is 0. The van der Waals surface area contributed by atoms with Crippen molar-refractivity contribution in [2.45, 2.75) is 21.3 Å². The number of carboxylic acid groups (broad SMARTS) is 1. The van der Waals surface area contributed by atoms with Crippen molar-refractivity contribution in [3.05, 3.63) is 16.8 Å². The van der Waals surface area contributed by atoms with E-state index in [1.165, 1.54) is 40.4 Å². The summed E-state index contributed by atoms with van der Waals surface area (Å²) in [5.41, 5.74) is -3.24. The normalized spacial score (nSPS) is 22.8. The number of aliphatic carboxylic acids is 1. The van der Waals surface area contributed by atoms with Gasteiger partial charge in [0, 0.05) is 11.5 Å². The summed E-state index contributed by atoms with van der Waals surface area (Å²) in [6, 6.07) is -1.18. The van der Waals surface area contributed by atoms with Crippen LogP contribution in [0.25, 0.3) is 0 Å². The zero-order chi connectivity index (χ0) is 21.3. The maximum absolute atomic E-state index is 12.4. The number of hydrogen-bond donors (Lipinski definition) is 2. The molecule has 2 aliphatic heterocycles. The molecule has 3 rings (SSSR count). The van der Waals surface area contributed by atoms with Gasteiger partial charge in [-0.15, -0.1) is 35.1 Å². The van der Waals surface area contributed by atoms with Gasteiger partial charge in [0.1, 0.15) is 22.6 Å². The van der Waals surface area contributed by atoms with E-state index in [0.29, 0.717) is 9.91 Å². The second-order valence-corrected chi connectivity index (χ2v) is 10.2. The van der Waals surface area contributed by atoms with Crippen molar-refractivity contribution < 1.29 is 37.2 Å². The smallest absolute Gasteiger partial charge is 0.573 e. The minimum atomic E-state index is -5.04. The average molecular weight is 489 g/mol. The van der Waals surface area contributed by atoms with Gasteiger partial charge < -0.3 is 15.0 Å². The molecule has 16 heteroatoms. The molecule has 2 unspecified atom stereocenters. The fourth-order valence-corrected chi connectivity index (χ4v) is 6.04. The van der Waals surface area contributed by atoms with E-state index in [9.17, 15) is 37.2 Å². The summed E-state index contributed by atoms with van der Waals surface area (Å²) >= 11 is 0.350. The Morgan fingerprint density at radius 2 is 2.21 bits per heavy atom. The lowest BCUT2D eigenvalue weighted by atomic mass is 10.0. The molecule has 2 amide bonds. The SMILES string of the molecule is O=C(C[S+]([O-])C(F)(F)F)NC1C(=O)N2C(C(=O)O)=C(CSc3nncs3)CS[C@@H]12. The Bertz CT molecular complexity index is 850.